The second kappa shape index (κ2) is 6.23. The van der Waals surface area contributed by atoms with E-state index >= 15 is 0 Å². The highest BCUT2D eigenvalue weighted by Crippen LogP contribution is 2.25. The Morgan fingerprint density at radius 3 is 2.65 bits per heavy atom. The van der Waals surface area contributed by atoms with Gasteiger partial charge in [-0.15, -0.1) is 0 Å². The van der Waals surface area contributed by atoms with Crippen molar-refractivity contribution in [3.63, 3.8) is 0 Å². The number of nitrogens with two attached hydrogens (primary N) is 1. The molecule has 3 heteroatoms. The van der Waals surface area contributed by atoms with Crippen LogP contribution in [0.25, 0.3) is 0 Å². The molecule has 2 rings (SSSR count). The van der Waals surface area contributed by atoms with E-state index in [1.54, 1.807) is 0 Å². The third-order valence-corrected chi connectivity index (χ3v) is 3.31. The molecule has 0 saturated carbocycles. The molecular formula is C17H19N3. The van der Waals surface area contributed by atoms with Crippen LogP contribution in [0.5, 0.6) is 0 Å². The van der Waals surface area contributed by atoms with E-state index in [4.69, 9.17) is 11.0 Å². The van der Waals surface area contributed by atoms with Crippen LogP contribution in [-0.2, 0) is 6.54 Å². The highest BCUT2D eigenvalue weighted by Gasteiger charge is 2.10. The molecule has 0 fully saturated rings. The van der Waals surface area contributed by atoms with Gasteiger partial charge >= 0.3 is 0 Å². The molecule has 0 aliphatic carbocycles. The molecule has 0 bridgehead atoms. The normalized spacial score (nSPS) is 11.7. The Kier molecular flexibility index (Phi) is 4.39. The molecule has 1 atom stereocenters. The smallest absolute Gasteiger partial charge is 0.0991 e. The fourth-order valence-corrected chi connectivity index (χ4v) is 2.32. The minimum absolute atomic E-state index is 0.000840. The molecule has 102 valence electrons. The maximum Gasteiger partial charge on any atom is 0.0991 e. The van der Waals surface area contributed by atoms with Crippen molar-refractivity contribution in [2.24, 2.45) is 5.73 Å². The molecule has 0 radical (unpaired) electrons. The van der Waals surface area contributed by atoms with E-state index in [0.717, 1.165) is 23.4 Å². The van der Waals surface area contributed by atoms with Crippen molar-refractivity contribution in [2.75, 3.05) is 11.9 Å². The molecule has 0 amide bonds. The topological polar surface area (TPSA) is 53.0 Å². The number of hydrogen-bond acceptors (Lipinski definition) is 3. The zero-order chi connectivity index (χ0) is 14.5. The van der Waals surface area contributed by atoms with Gasteiger partial charge in [-0.2, -0.15) is 5.26 Å². The number of benzene rings is 2. The minimum atomic E-state index is -0.000840. The Labute approximate surface area is 120 Å². The first kappa shape index (κ1) is 14.1. The predicted octanol–water partition coefficient (Wildman–Crippen LogP) is 3.21. The average Bonchev–Trinajstić information content (AvgIpc) is 2.47. The van der Waals surface area contributed by atoms with Crippen molar-refractivity contribution in [3.8, 4) is 6.07 Å². The largest absolute Gasteiger partial charge is 0.370 e. The second-order valence-electron chi connectivity index (χ2n) is 5.02. The summed E-state index contributed by atoms with van der Waals surface area (Å²) in [6.07, 6.45) is 0. The first-order valence-corrected chi connectivity index (χ1v) is 6.66. The number of nitrogens with zero attached hydrogens (tertiary/aromatic N) is 2. The lowest BCUT2D eigenvalue weighted by Crippen LogP contribution is -2.20. The first-order chi connectivity index (χ1) is 9.61. The van der Waals surface area contributed by atoms with Gasteiger partial charge < -0.3 is 10.6 Å². The lowest BCUT2D eigenvalue weighted by molar-refractivity contribution is 0.801. The summed E-state index contributed by atoms with van der Waals surface area (Å²) in [5.41, 5.74) is 10.1. The number of nitriles is 1. The summed E-state index contributed by atoms with van der Waals surface area (Å²) in [5.74, 6) is 0. The highest BCUT2D eigenvalue weighted by molar-refractivity contribution is 5.54. The van der Waals surface area contributed by atoms with Crippen LogP contribution in [0.1, 0.15) is 29.7 Å². The predicted molar refractivity (Wildman–Crippen MR) is 82.3 cm³/mol. The van der Waals surface area contributed by atoms with Gasteiger partial charge in [0.25, 0.3) is 0 Å². The SMILES string of the molecule is CC(N)c1ccccc1N(C)Cc1cccc(C#N)c1. The van der Waals surface area contributed by atoms with Crippen LogP contribution >= 0.6 is 0 Å². The summed E-state index contributed by atoms with van der Waals surface area (Å²) in [5, 5.41) is 8.95. The molecule has 20 heavy (non-hydrogen) atoms. The van der Waals surface area contributed by atoms with Gasteiger partial charge in [0.15, 0.2) is 0 Å². The molecule has 0 heterocycles. The highest BCUT2D eigenvalue weighted by atomic mass is 15.1. The van der Waals surface area contributed by atoms with Crippen LogP contribution in [0.3, 0.4) is 0 Å². The summed E-state index contributed by atoms with van der Waals surface area (Å²) in [6.45, 7) is 2.74. The Bertz CT molecular complexity index is 626. The van der Waals surface area contributed by atoms with E-state index < -0.39 is 0 Å². The maximum absolute atomic E-state index is 8.95. The van der Waals surface area contributed by atoms with Crippen LogP contribution in [0.2, 0.25) is 0 Å². The van der Waals surface area contributed by atoms with Crippen molar-refractivity contribution in [3.05, 3.63) is 65.2 Å². The molecule has 2 aromatic rings. The van der Waals surface area contributed by atoms with Crippen molar-refractivity contribution in [1.29, 1.82) is 5.26 Å². The van der Waals surface area contributed by atoms with E-state index in [1.165, 1.54) is 0 Å². The molecule has 1 unspecified atom stereocenters. The second-order valence-corrected chi connectivity index (χ2v) is 5.02. The van der Waals surface area contributed by atoms with Crippen molar-refractivity contribution in [2.45, 2.75) is 19.5 Å². The fourth-order valence-electron chi connectivity index (χ4n) is 2.32. The Morgan fingerprint density at radius 1 is 1.20 bits per heavy atom. The fraction of sp³-hybridized carbons (Fsp3) is 0.235. The van der Waals surface area contributed by atoms with Gasteiger partial charge in [-0.05, 0) is 36.2 Å². The van der Waals surface area contributed by atoms with Crippen LogP contribution < -0.4 is 10.6 Å². The van der Waals surface area contributed by atoms with Gasteiger partial charge in [-0.1, -0.05) is 30.3 Å². The summed E-state index contributed by atoms with van der Waals surface area (Å²) in [6, 6.07) is 18.0. The summed E-state index contributed by atoms with van der Waals surface area (Å²) in [7, 11) is 2.04. The van der Waals surface area contributed by atoms with E-state index in [9.17, 15) is 0 Å². The molecule has 3 nitrogen and oxygen atoms in total. The van der Waals surface area contributed by atoms with Gasteiger partial charge in [-0.25, -0.2) is 0 Å². The third-order valence-electron chi connectivity index (χ3n) is 3.31. The lowest BCUT2D eigenvalue weighted by Gasteiger charge is -2.24. The van der Waals surface area contributed by atoms with Crippen LogP contribution in [-0.4, -0.2) is 7.05 Å². The average molecular weight is 265 g/mol. The van der Waals surface area contributed by atoms with E-state index in [1.807, 2.05) is 50.4 Å². The molecule has 0 aliphatic rings. The van der Waals surface area contributed by atoms with Gasteiger partial charge in [0, 0.05) is 25.3 Å². The van der Waals surface area contributed by atoms with Gasteiger partial charge in [0.1, 0.15) is 0 Å². The summed E-state index contributed by atoms with van der Waals surface area (Å²) < 4.78 is 0. The van der Waals surface area contributed by atoms with E-state index in [2.05, 4.69) is 23.1 Å². The maximum atomic E-state index is 8.95. The van der Waals surface area contributed by atoms with E-state index in [-0.39, 0.29) is 6.04 Å². The van der Waals surface area contributed by atoms with Crippen LogP contribution in [0.15, 0.2) is 48.5 Å². The summed E-state index contributed by atoms with van der Waals surface area (Å²) >= 11 is 0. The third kappa shape index (κ3) is 3.17. The summed E-state index contributed by atoms with van der Waals surface area (Å²) in [4.78, 5) is 2.16. The Hall–Kier alpha value is -2.31. The van der Waals surface area contributed by atoms with Crippen LogP contribution in [0.4, 0.5) is 5.69 Å². The van der Waals surface area contributed by atoms with Crippen molar-refractivity contribution in [1.82, 2.24) is 0 Å². The minimum Gasteiger partial charge on any atom is -0.370 e. The Balaban J connectivity index is 2.24. The molecule has 0 spiro atoms. The van der Waals surface area contributed by atoms with Crippen molar-refractivity contribution >= 4 is 5.69 Å². The number of hydrogen-bond donors (Lipinski definition) is 1. The van der Waals surface area contributed by atoms with Gasteiger partial charge in [0.05, 0.1) is 11.6 Å². The molecular weight excluding hydrogens is 246 g/mol. The quantitative estimate of drug-likeness (QED) is 0.923. The molecule has 2 N–H and O–H groups in total. The van der Waals surface area contributed by atoms with Gasteiger partial charge in [0.2, 0.25) is 0 Å². The number of rotatable bonds is 4. The van der Waals surface area contributed by atoms with Crippen LogP contribution in [0, 0.1) is 11.3 Å². The first-order valence-electron chi connectivity index (χ1n) is 6.66. The monoisotopic (exact) mass is 265 g/mol. The molecule has 0 saturated heterocycles. The molecule has 0 aliphatic heterocycles. The zero-order valence-corrected chi connectivity index (χ0v) is 11.9. The van der Waals surface area contributed by atoms with Crippen molar-refractivity contribution < 1.29 is 0 Å². The number of anilines is 1. The number of para-hydroxylation sites is 1. The lowest BCUT2D eigenvalue weighted by atomic mass is 10.1. The van der Waals surface area contributed by atoms with Gasteiger partial charge in [-0.3, -0.25) is 0 Å². The molecule has 2 aromatic carbocycles. The Morgan fingerprint density at radius 2 is 1.95 bits per heavy atom. The molecule has 0 aromatic heterocycles. The zero-order valence-electron chi connectivity index (χ0n) is 11.9. The standard InChI is InChI=1S/C17H19N3/c1-13(19)16-8-3-4-9-17(16)20(2)12-15-7-5-6-14(10-15)11-18/h3-10,13H,12,19H2,1-2H3. The van der Waals surface area contributed by atoms with E-state index in [0.29, 0.717) is 5.56 Å².